The molecule has 0 radical (unpaired) electrons. The van der Waals surface area contributed by atoms with Gasteiger partial charge in [0.05, 0.1) is 11.3 Å². The van der Waals surface area contributed by atoms with Crippen molar-refractivity contribution in [3.63, 3.8) is 0 Å². The van der Waals surface area contributed by atoms with Crippen LogP contribution in [0.4, 0.5) is 47.3 Å². The summed E-state index contributed by atoms with van der Waals surface area (Å²) >= 11 is 1.74. The van der Waals surface area contributed by atoms with E-state index in [4.69, 9.17) is 0 Å². The molecule has 8 aromatic carbocycles. The van der Waals surface area contributed by atoms with Crippen LogP contribution in [0, 0.1) is 0 Å². The Bertz CT molecular complexity index is 3430. The molecule has 0 N–H and O–H groups in total. The van der Waals surface area contributed by atoms with E-state index < -0.39 is 11.7 Å². The second-order valence-electron chi connectivity index (χ2n) is 22.5. The second kappa shape index (κ2) is 15.1. The van der Waals surface area contributed by atoms with Gasteiger partial charge in [0, 0.05) is 43.8 Å². The second-order valence-corrected chi connectivity index (χ2v) is 23.5. The fourth-order valence-electron chi connectivity index (χ4n) is 11.5. The topological polar surface area (TPSA) is 6.48 Å². The zero-order chi connectivity index (χ0) is 48.1. The molecule has 2 nitrogen and oxygen atoms in total. The van der Waals surface area contributed by atoms with Crippen LogP contribution >= 0.6 is 11.8 Å². The summed E-state index contributed by atoms with van der Waals surface area (Å²) in [4.78, 5) is 6.71. The minimum atomic E-state index is -4.67. The monoisotopic (exact) mass is 924 g/mol. The van der Waals surface area contributed by atoms with E-state index in [2.05, 4.69) is 164 Å². The number of rotatable bonds is 3. The van der Waals surface area contributed by atoms with Crippen LogP contribution in [0.3, 0.4) is 0 Å². The molecule has 0 saturated heterocycles. The van der Waals surface area contributed by atoms with Crippen molar-refractivity contribution in [2.45, 2.75) is 94.5 Å². The largest absolute Gasteiger partial charge is 0.418 e. The quantitative estimate of drug-likeness (QED) is 0.163. The molecule has 0 aromatic heterocycles. The molecule has 12 rings (SSSR count). The van der Waals surface area contributed by atoms with E-state index in [-0.39, 0.29) is 35.4 Å². The van der Waals surface area contributed by atoms with Crippen LogP contribution in [0.1, 0.15) is 84.6 Å². The Morgan fingerprint density at radius 2 is 0.870 bits per heavy atom. The number of para-hydroxylation sites is 1. The van der Waals surface area contributed by atoms with Gasteiger partial charge < -0.3 is 9.80 Å². The minimum Gasteiger partial charge on any atom is -0.312 e. The number of benzene rings is 8. The minimum absolute atomic E-state index is 0.0840. The summed E-state index contributed by atoms with van der Waals surface area (Å²) in [5.41, 5.74) is 17.7. The van der Waals surface area contributed by atoms with E-state index in [0.717, 1.165) is 71.3 Å². The maximum absolute atomic E-state index is 16.1. The van der Waals surface area contributed by atoms with E-state index in [1.165, 1.54) is 33.6 Å². The van der Waals surface area contributed by atoms with Crippen molar-refractivity contribution in [3.8, 4) is 22.3 Å². The molecule has 0 amide bonds. The fraction of sp³-hybridized carbons (Fsp3) is 0.213. The van der Waals surface area contributed by atoms with Gasteiger partial charge in [-0.2, -0.15) is 13.2 Å². The summed E-state index contributed by atoms with van der Waals surface area (Å²) in [6.45, 7) is 19.9. The Hall–Kier alpha value is -6.37. The van der Waals surface area contributed by atoms with E-state index >= 15 is 13.2 Å². The predicted octanol–water partition coefficient (Wildman–Crippen LogP) is 13.3. The molecule has 0 atom stereocenters. The van der Waals surface area contributed by atoms with Gasteiger partial charge in [0.15, 0.2) is 0 Å². The van der Waals surface area contributed by atoms with Crippen LogP contribution in [0.5, 0.6) is 0 Å². The first-order valence-electron chi connectivity index (χ1n) is 24.1. The molecule has 69 heavy (non-hydrogen) atoms. The molecule has 0 fully saturated rings. The molecule has 340 valence electrons. The molecule has 4 aliphatic rings. The lowest BCUT2D eigenvalue weighted by molar-refractivity contribution is -0.137. The number of anilines is 6. The smallest absolute Gasteiger partial charge is 0.312 e. The van der Waals surface area contributed by atoms with E-state index in [1.807, 2.05) is 53.4 Å². The highest BCUT2D eigenvalue weighted by atomic mass is 32.2. The number of alkyl halides is 3. The Kier molecular flexibility index (Phi) is 9.58. The third-order valence-electron chi connectivity index (χ3n) is 15.0. The van der Waals surface area contributed by atoms with E-state index in [1.54, 1.807) is 17.8 Å². The summed E-state index contributed by atoms with van der Waals surface area (Å²) < 4.78 is 48.4. The van der Waals surface area contributed by atoms with Gasteiger partial charge in [0.2, 0.25) is 6.71 Å². The van der Waals surface area contributed by atoms with E-state index in [9.17, 15) is 0 Å². The Morgan fingerprint density at radius 3 is 1.41 bits per heavy atom. The van der Waals surface area contributed by atoms with Crippen LogP contribution in [0.25, 0.3) is 22.3 Å². The van der Waals surface area contributed by atoms with Crippen molar-refractivity contribution < 1.29 is 13.2 Å². The van der Waals surface area contributed by atoms with Crippen LogP contribution in [-0.2, 0) is 22.4 Å². The van der Waals surface area contributed by atoms with Gasteiger partial charge in [-0.3, -0.25) is 0 Å². The highest BCUT2D eigenvalue weighted by Gasteiger charge is 2.52. The molecular weight excluding hydrogens is 871 g/mol. The molecular formula is C61H53B2F3N2S. The Morgan fingerprint density at radius 1 is 0.391 bits per heavy atom. The zero-order valence-corrected chi connectivity index (χ0v) is 41.4. The first-order valence-corrected chi connectivity index (χ1v) is 25.0. The standard InChI is InChI=1S/C61H53B2F3N2S/c1-58(2,3)39-26-29-48-45(32-39)62-44-20-13-14-21-52(44)69-53-35-51-54-57(55(53)62)67(48)49-30-27-40(59(4,5)6)33-46(49)63(54)47-34-41(60(7,8)9)28-31-50(47)68(51)56-42(18-15-19-43(56)61(64,65)66)38-24-22-37(23-25-38)36-16-11-10-12-17-36/h10-35H,1-9H3. The summed E-state index contributed by atoms with van der Waals surface area (Å²) in [5.74, 6) is 0. The van der Waals surface area contributed by atoms with Gasteiger partial charge in [-0.1, -0.05) is 201 Å². The first-order chi connectivity index (χ1) is 32.8. The summed E-state index contributed by atoms with van der Waals surface area (Å²) in [6.07, 6.45) is -4.67. The average Bonchev–Trinajstić information content (AvgIpc) is 3.32. The lowest BCUT2D eigenvalue weighted by Gasteiger charge is -2.50. The third kappa shape index (κ3) is 6.79. The predicted molar refractivity (Wildman–Crippen MR) is 288 cm³/mol. The van der Waals surface area contributed by atoms with Gasteiger partial charge in [-0.15, -0.1) is 0 Å². The summed E-state index contributed by atoms with van der Waals surface area (Å²) in [7, 11) is 0. The Labute approximate surface area is 409 Å². The highest BCUT2D eigenvalue weighted by molar-refractivity contribution is 8.00. The van der Waals surface area contributed by atoms with Crippen LogP contribution in [0.2, 0.25) is 0 Å². The molecule has 0 saturated carbocycles. The number of hydrogen-bond acceptors (Lipinski definition) is 3. The van der Waals surface area contributed by atoms with Crippen molar-refractivity contribution in [2.75, 3.05) is 9.80 Å². The molecule has 4 heterocycles. The molecule has 8 aromatic rings. The zero-order valence-electron chi connectivity index (χ0n) is 40.6. The molecule has 0 unspecified atom stereocenters. The van der Waals surface area contributed by atoms with Gasteiger partial charge >= 0.3 is 6.18 Å². The fourth-order valence-corrected chi connectivity index (χ4v) is 12.6. The van der Waals surface area contributed by atoms with Crippen molar-refractivity contribution in [2.24, 2.45) is 0 Å². The summed E-state index contributed by atoms with van der Waals surface area (Å²) in [6, 6.07) is 54.4. The lowest BCUT2D eigenvalue weighted by Crippen LogP contribution is -2.68. The van der Waals surface area contributed by atoms with E-state index in [0.29, 0.717) is 11.1 Å². The molecule has 0 spiro atoms. The maximum atomic E-state index is 16.1. The number of hydrogen-bond donors (Lipinski definition) is 0. The number of halogens is 3. The van der Waals surface area contributed by atoms with Gasteiger partial charge in [0.1, 0.15) is 0 Å². The average molecular weight is 925 g/mol. The maximum Gasteiger partial charge on any atom is 0.418 e. The van der Waals surface area contributed by atoms with Gasteiger partial charge in [-0.25, -0.2) is 0 Å². The van der Waals surface area contributed by atoms with Crippen molar-refractivity contribution in [3.05, 3.63) is 180 Å². The molecule has 4 aliphatic heterocycles. The van der Waals surface area contributed by atoms with Crippen LogP contribution in [-0.4, -0.2) is 13.4 Å². The third-order valence-corrected chi connectivity index (χ3v) is 16.2. The lowest BCUT2D eigenvalue weighted by atomic mass is 9.29. The van der Waals surface area contributed by atoms with Crippen molar-refractivity contribution in [1.29, 1.82) is 0 Å². The van der Waals surface area contributed by atoms with Gasteiger partial charge in [0.25, 0.3) is 6.71 Å². The van der Waals surface area contributed by atoms with Crippen LogP contribution in [0.15, 0.2) is 168 Å². The highest BCUT2D eigenvalue weighted by Crippen LogP contribution is 2.53. The molecule has 8 heteroatoms. The van der Waals surface area contributed by atoms with Crippen LogP contribution < -0.4 is 42.6 Å². The number of fused-ring (bicyclic) bond motifs is 10. The summed E-state index contributed by atoms with van der Waals surface area (Å²) in [5, 5.41) is 0. The van der Waals surface area contributed by atoms with Gasteiger partial charge in [-0.05, 0) is 113 Å². The molecule has 0 aliphatic carbocycles. The Balaban J connectivity index is 1.23. The van der Waals surface area contributed by atoms with Crippen molar-refractivity contribution in [1.82, 2.24) is 0 Å². The van der Waals surface area contributed by atoms with Crippen molar-refractivity contribution >= 4 is 92.1 Å². The first kappa shape index (κ1) is 43.9. The molecule has 0 bridgehead atoms. The number of nitrogens with zero attached hydrogens (tertiary/aromatic N) is 2. The normalized spacial score (nSPS) is 14.5. The SMILES string of the molecule is CC(C)(C)c1ccc2c(c1)B1c3cc(C(C)(C)C)ccc3N3c4ccc(C(C)(C)C)cc4B4c5ccccc5Sc5cc(c1c3c54)N2c1c(-c2ccc(-c3ccccc3)cc2)cccc1C(F)(F)F.